The lowest BCUT2D eigenvalue weighted by Gasteiger charge is -2.14. The van der Waals surface area contributed by atoms with Crippen LogP contribution in [-0.4, -0.2) is 46.5 Å². The maximum Gasteiger partial charge on any atom is 0.269 e. The molecule has 0 radical (unpaired) electrons. The number of phenols is 1. The van der Waals surface area contributed by atoms with Crippen molar-refractivity contribution in [3.8, 4) is 5.75 Å². The maximum atomic E-state index is 10.6. The minimum absolute atomic E-state index is 0.0348. The van der Waals surface area contributed by atoms with Crippen molar-refractivity contribution in [1.82, 2.24) is 5.32 Å². The number of nitro groups is 1. The molecule has 8 heteroatoms. The summed E-state index contributed by atoms with van der Waals surface area (Å²) in [5, 5.41) is 42.9. The van der Waals surface area contributed by atoms with Crippen molar-refractivity contribution in [2.45, 2.75) is 57.7 Å². The number of benzene rings is 2. The third kappa shape index (κ3) is 10.3. The van der Waals surface area contributed by atoms with Gasteiger partial charge in [0.15, 0.2) is 0 Å². The van der Waals surface area contributed by atoms with Crippen LogP contribution in [-0.2, 0) is 17.8 Å². The number of aliphatic hydroxyl groups is 2. The van der Waals surface area contributed by atoms with E-state index in [1.54, 1.807) is 24.3 Å². The zero-order valence-electron chi connectivity index (χ0n) is 19.1. The summed E-state index contributed by atoms with van der Waals surface area (Å²) in [5.74, 6) is 0.0348. The number of nitrogens with one attached hydrogen (secondary N) is 1. The summed E-state index contributed by atoms with van der Waals surface area (Å²) in [4.78, 5) is 10.3. The first-order chi connectivity index (χ1) is 16.0. The van der Waals surface area contributed by atoms with Crippen LogP contribution in [0.1, 0.15) is 61.3 Å². The standard InChI is InChI=1S/C25H36N2O6/c28-19-22-17-21(10-13-24(22)29)25(30)18-26-14-4-1-2-5-15-33-16-6-3-7-20-8-11-23(12-9-20)27(31)32/h8-13,17,25-26,28-30H,1-7,14-16,18-19H2. The van der Waals surface area contributed by atoms with Gasteiger partial charge in [0.05, 0.1) is 17.6 Å². The Morgan fingerprint density at radius 3 is 2.36 bits per heavy atom. The van der Waals surface area contributed by atoms with Gasteiger partial charge in [-0.3, -0.25) is 10.1 Å². The van der Waals surface area contributed by atoms with E-state index < -0.39 is 6.10 Å². The predicted octanol–water partition coefficient (Wildman–Crippen LogP) is 4.02. The van der Waals surface area contributed by atoms with Crippen LogP contribution in [0.3, 0.4) is 0 Å². The van der Waals surface area contributed by atoms with Crippen LogP contribution in [0.15, 0.2) is 42.5 Å². The number of aromatic hydroxyl groups is 1. The Morgan fingerprint density at radius 2 is 1.67 bits per heavy atom. The van der Waals surface area contributed by atoms with Gasteiger partial charge < -0.3 is 25.4 Å². The predicted molar refractivity (Wildman–Crippen MR) is 127 cm³/mol. The molecule has 0 spiro atoms. The molecule has 2 aromatic carbocycles. The molecule has 0 saturated heterocycles. The number of aliphatic hydroxyl groups excluding tert-OH is 2. The van der Waals surface area contributed by atoms with Gasteiger partial charge in [0.25, 0.3) is 5.69 Å². The normalized spacial score (nSPS) is 12.1. The number of nitro benzene ring substituents is 1. The van der Waals surface area contributed by atoms with Crippen LogP contribution in [0.4, 0.5) is 5.69 Å². The van der Waals surface area contributed by atoms with Crippen molar-refractivity contribution in [3.05, 3.63) is 69.3 Å². The lowest BCUT2D eigenvalue weighted by molar-refractivity contribution is -0.384. The van der Waals surface area contributed by atoms with Crippen LogP contribution in [0, 0.1) is 10.1 Å². The minimum atomic E-state index is -0.676. The molecule has 2 aromatic rings. The van der Waals surface area contributed by atoms with Crippen LogP contribution in [0.2, 0.25) is 0 Å². The highest BCUT2D eigenvalue weighted by molar-refractivity contribution is 5.36. The zero-order valence-corrected chi connectivity index (χ0v) is 19.1. The fourth-order valence-corrected chi connectivity index (χ4v) is 3.52. The highest BCUT2D eigenvalue weighted by Crippen LogP contribution is 2.22. The van der Waals surface area contributed by atoms with Gasteiger partial charge in [0.2, 0.25) is 0 Å². The topological polar surface area (TPSA) is 125 Å². The summed E-state index contributed by atoms with van der Waals surface area (Å²) in [5.41, 5.74) is 2.33. The number of non-ortho nitro benzene ring substituents is 1. The summed E-state index contributed by atoms with van der Waals surface area (Å²) in [6, 6.07) is 11.5. The molecule has 0 saturated carbocycles. The zero-order chi connectivity index (χ0) is 23.9. The number of unbranched alkanes of at least 4 members (excludes halogenated alkanes) is 4. The molecule has 0 aliphatic heterocycles. The third-order valence-corrected chi connectivity index (χ3v) is 5.54. The summed E-state index contributed by atoms with van der Waals surface area (Å²) >= 11 is 0. The van der Waals surface area contributed by atoms with E-state index in [4.69, 9.17) is 4.74 Å². The molecule has 1 atom stereocenters. The third-order valence-electron chi connectivity index (χ3n) is 5.54. The Bertz CT molecular complexity index is 828. The molecule has 0 bridgehead atoms. The number of hydrogen-bond donors (Lipinski definition) is 4. The molecular formula is C25H36N2O6. The fraction of sp³-hybridized carbons (Fsp3) is 0.520. The average molecular weight is 461 g/mol. The molecule has 33 heavy (non-hydrogen) atoms. The van der Waals surface area contributed by atoms with Crippen LogP contribution < -0.4 is 5.32 Å². The molecule has 2 rings (SSSR count). The van der Waals surface area contributed by atoms with Crippen molar-refractivity contribution in [2.75, 3.05) is 26.3 Å². The van der Waals surface area contributed by atoms with Gasteiger partial charge in [-0.2, -0.15) is 0 Å². The summed E-state index contributed by atoms with van der Waals surface area (Å²) in [6.07, 6.45) is 6.46. The van der Waals surface area contributed by atoms with Crippen molar-refractivity contribution < 1.29 is 25.0 Å². The second-order valence-electron chi connectivity index (χ2n) is 8.17. The molecule has 0 amide bonds. The highest BCUT2D eigenvalue weighted by Gasteiger charge is 2.10. The van der Waals surface area contributed by atoms with E-state index in [9.17, 15) is 25.4 Å². The first-order valence-electron chi connectivity index (χ1n) is 11.6. The Hall–Kier alpha value is -2.52. The summed E-state index contributed by atoms with van der Waals surface area (Å²) in [7, 11) is 0. The molecule has 8 nitrogen and oxygen atoms in total. The molecule has 0 aromatic heterocycles. The van der Waals surface area contributed by atoms with Crippen LogP contribution in [0.25, 0.3) is 0 Å². The molecular weight excluding hydrogens is 424 g/mol. The second-order valence-corrected chi connectivity index (χ2v) is 8.17. The second kappa shape index (κ2) is 15.3. The Labute approximate surface area is 195 Å². The molecule has 1 unspecified atom stereocenters. The quantitative estimate of drug-likeness (QED) is 0.160. The minimum Gasteiger partial charge on any atom is -0.508 e. The Morgan fingerprint density at radius 1 is 0.970 bits per heavy atom. The van der Waals surface area contributed by atoms with Gasteiger partial charge in [-0.1, -0.05) is 31.0 Å². The lowest BCUT2D eigenvalue weighted by atomic mass is 10.1. The Balaban J connectivity index is 1.40. The van der Waals surface area contributed by atoms with Crippen LogP contribution in [0.5, 0.6) is 5.75 Å². The van der Waals surface area contributed by atoms with E-state index in [-0.39, 0.29) is 23.0 Å². The lowest BCUT2D eigenvalue weighted by Crippen LogP contribution is -2.22. The molecule has 0 aliphatic rings. The summed E-state index contributed by atoms with van der Waals surface area (Å²) < 4.78 is 5.68. The monoisotopic (exact) mass is 460 g/mol. The van der Waals surface area contributed by atoms with Gasteiger partial charge >= 0.3 is 0 Å². The van der Waals surface area contributed by atoms with E-state index in [1.165, 1.54) is 6.07 Å². The number of nitrogens with zero attached hydrogens (tertiary/aromatic N) is 1. The largest absolute Gasteiger partial charge is 0.508 e. The van der Waals surface area contributed by atoms with Gasteiger partial charge in [0.1, 0.15) is 5.75 Å². The van der Waals surface area contributed by atoms with E-state index in [0.29, 0.717) is 17.7 Å². The van der Waals surface area contributed by atoms with Gasteiger partial charge in [-0.15, -0.1) is 0 Å². The first-order valence-corrected chi connectivity index (χ1v) is 11.6. The van der Waals surface area contributed by atoms with Gasteiger partial charge in [-0.05, 0) is 61.9 Å². The highest BCUT2D eigenvalue weighted by atomic mass is 16.6. The summed E-state index contributed by atoms with van der Waals surface area (Å²) in [6.45, 7) is 2.50. The van der Waals surface area contributed by atoms with Crippen molar-refractivity contribution in [1.29, 1.82) is 0 Å². The van der Waals surface area contributed by atoms with E-state index in [2.05, 4.69) is 5.32 Å². The van der Waals surface area contributed by atoms with E-state index in [0.717, 1.165) is 70.3 Å². The molecule has 182 valence electrons. The van der Waals surface area contributed by atoms with E-state index in [1.807, 2.05) is 12.1 Å². The van der Waals surface area contributed by atoms with Crippen molar-refractivity contribution in [3.63, 3.8) is 0 Å². The fourth-order valence-electron chi connectivity index (χ4n) is 3.52. The SMILES string of the molecule is O=[N+]([O-])c1ccc(CCCCOCCCCCCNCC(O)c2ccc(O)c(CO)c2)cc1. The average Bonchev–Trinajstić information content (AvgIpc) is 2.82. The Kier molecular flexibility index (Phi) is 12.4. The number of aryl methyl sites for hydroxylation is 1. The molecule has 0 heterocycles. The van der Waals surface area contributed by atoms with Crippen molar-refractivity contribution in [2.24, 2.45) is 0 Å². The number of rotatable bonds is 17. The van der Waals surface area contributed by atoms with Crippen LogP contribution >= 0.6 is 0 Å². The smallest absolute Gasteiger partial charge is 0.269 e. The van der Waals surface area contributed by atoms with Gasteiger partial charge in [-0.25, -0.2) is 0 Å². The van der Waals surface area contributed by atoms with E-state index >= 15 is 0 Å². The number of hydrogen-bond acceptors (Lipinski definition) is 7. The van der Waals surface area contributed by atoms with Gasteiger partial charge in [0, 0.05) is 37.5 Å². The molecule has 0 fully saturated rings. The molecule has 0 aliphatic carbocycles. The van der Waals surface area contributed by atoms with Crippen molar-refractivity contribution >= 4 is 5.69 Å². The molecule has 4 N–H and O–H groups in total. The first kappa shape index (κ1) is 26.7. The maximum absolute atomic E-state index is 10.6. The number of ether oxygens (including phenoxy) is 1.